The molecule has 3 amide bonds. The van der Waals surface area contributed by atoms with Gasteiger partial charge in [-0.25, -0.2) is 9.59 Å². The zero-order valence-electron chi connectivity index (χ0n) is 15.4. The Kier molecular flexibility index (Phi) is 6.81. The molecule has 0 saturated carbocycles. The highest BCUT2D eigenvalue weighted by Gasteiger charge is 2.27. The first-order chi connectivity index (χ1) is 12.7. The number of amides is 3. The smallest absolute Gasteiger partial charge is 0.341 e. The molecular weight excluding hydrogens is 390 g/mol. The molecule has 2 N–H and O–H groups in total. The minimum absolute atomic E-state index is 0.174. The van der Waals surface area contributed by atoms with Crippen LogP contribution in [0.5, 0.6) is 0 Å². The molecule has 27 heavy (non-hydrogen) atoms. The van der Waals surface area contributed by atoms with E-state index in [9.17, 15) is 14.4 Å². The lowest BCUT2D eigenvalue weighted by molar-refractivity contribution is 0.0527. The number of urea groups is 1. The summed E-state index contributed by atoms with van der Waals surface area (Å²) in [7, 11) is 3.23. The molecule has 2 aromatic rings. The fraction of sp³-hybridized carbons (Fsp3) is 0.278. The monoisotopic (exact) mass is 409 g/mol. The Labute approximate surface area is 166 Å². The summed E-state index contributed by atoms with van der Waals surface area (Å²) in [6.45, 7) is 3.52. The van der Waals surface area contributed by atoms with Crippen molar-refractivity contribution in [3.05, 3.63) is 45.3 Å². The van der Waals surface area contributed by atoms with Crippen LogP contribution >= 0.6 is 22.9 Å². The summed E-state index contributed by atoms with van der Waals surface area (Å²) < 4.78 is 5.07. The molecular formula is C18H20ClN3O4S. The maximum absolute atomic E-state index is 12.4. The van der Waals surface area contributed by atoms with Gasteiger partial charge in [-0.15, -0.1) is 11.3 Å². The summed E-state index contributed by atoms with van der Waals surface area (Å²) in [4.78, 5) is 38.8. The third-order valence-electron chi connectivity index (χ3n) is 3.54. The number of halogens is 1. The second-order valence-corrected chi connectivity index (χ2v) is 7.23. The highest BCUT2D eigenvalue weighted by atomic mass is 35.5. The predicted molar refractivity (Wildman–Crippen MR) is 107 cm³/mol. The Morgan fingerprint density at radius 3 is 2.52 bits per heavy atom. The van der Waals surface area contributed by atoms with Crippen molar-refractivity contribution in [2.75, 3.05) is 31.3 Å². The molecule has 144 valence electrons. The van der Waals surface area contributed by atoms with Gasteiger partial charge in [-0.3, -0.25) is 10.1 Å². The maximum Gasteiger partial charge on any atom is 0.341 e. The average molecular weight is 410 g/mol. The van der Waals surface area contributed by atoms with Gasteiger partial charge in [-0.1, -0.05) is 17.7 Å². The van der Waals surface area contributed by atoms with Gasteiger partial charge in [0.1, 0.15) is 5.00 Å². The highest BCUT2D eigenvalue weighted by Crippen LogP contribution is 2.34. The third kappa shape index (κ3) is 4.99. The Bertz CT molecular complexity index is 879. The number of benzene rings is 1. The van der Waals surface area contributed by atoms with Gasteiger partial charge < -0.3 is 15.0 Å². The van der Waals surface area contributed by atoms with Crippen molar-refractivity contribution in [2.45, 2.75) is 13.8 Å². The lowest BCUT2D eigenvalue weighted by Crippen LogP contribution is -2.21. The van der Waals surface area contributed by atoms with Crippen LogP contribution < -0.4 is 10.6 Å². The van der Waals surface area contributed by atoms with E-state index >= 15 is 0 Å². The molecule has 0 spiro atoms. The molecule has 1 aromatic carbocycles. The molecule has 2 rings (SSSR count). The zero-order valence-corrected chi connectivity index (χ0v) is 17.0. The van der Waals surface area contributed by atoms with Gasteiger partial charge in [-0.2, -0.15) is 0 Å². The van der Waals surface area contributed by atoms with Gasteiger partial charge in [0.25, 0.3) is 5.91 Å². The minimum Gasteiger partial charge on any atom is -0.462 e. The Balaban J connectivity index is 2.33. The van der Waals surface area contributed by atoms with Crippen LogP contribution in [-0.4, -0.2) is 43.5 Å². The van der Waals surface area contributed by atoms with E-state index in [0.29, 0.717) is 21.2 Å². The van der Waals surface area contributed by atoms with Gasteiger partial charge in [0, 0.05) is 24.8 Å². The van der Waals surface area contributed by atoms with Crippen molar-refractivity contribution in [1.29, 1.82) is 0 Å². The van der Waals surface area contributed by atoms with Crippen LogP contribution in [0.15, 0.2) is 24.3 Å². The van der Waals surface area contributed by atoms with E-state index in [2.05, 4.69) is 10.6 Å². The lowest BCUT2D eigenvalue weighted by Gasteiger charge is -2.09. The molecule has 0 fully saturated rings. The number of thiophene rings is 1. The zero-order chi connectivity index (χ0) is 20.1. The molecule has 0 atom stereocenters. The van der Waals surface area contributed by atoms with Gasteiger partial charge in [0.2, 0.25) is 0 Å². The molecule has 1 heterocycles. The minimum atomic E-state index is -0.595. The molecule has 0 bridgehead atoms. The molecule has 1 aromatic heterocycles. The molecule has 0 unspecified atom stereocenters. The number of nitrogens with one attached hydrogen (secondary N) is 2. The average Bonchev–Trinajstić information content (AvgIpc) is 2.90. The maximum atomic E-state index is 12.4. The van der Waals surface area contributed by atoms with E-state index in [1.807, 2.05) is 0 Å². The summed E-state index contributed by atoms with van der Waals surface area (Å²) in [5, 5.41) is 5.99. The summed E-state index contributed by atoms with van der Waals surface area (Å²) in [5.41, 5.74) is 1.14. The number of ether oxygens (including phenoxy) is 1. The predicted octanol–water partition coefficient (Wildman–Crippen LogP) is 4.23. The van der Waals surface area contributed by atoms with Gasteiger partial charge >= 0.3 is 12.0 Å². The summed E-state index contributed by atoms with van der Waals surface area (Å²) in [5.74, 6) is -0.853. The molecule has 0 aliphatic heterocycles. The number of carbonyl (C=O) groups is 3. The number of hydrogen-bond donors (Lipinski definition) is 2. The van der Waals surface area contributed by atoms with Crippen LogP contribution in [0.25, 0.3) is 0 Å². The summed E-state index contributed by atoms with van der Waals surface area (Å²) in [6, 6.07) is 6.09. The van der Waals surface area contributed by atoms with E-state index in [1.165, 1.54) is 4.90 Å². The fourth-order valence-electron chi connectivity index (χ4n) is 2.29. The van der Waals surface area contributed by atoms with Gasteiger partial charge in [0.05, 0.1) is 17.0 Å². The quantitative estimate of drug-likeness (QED) is 0.723. The van der Waals surface area contributed by atoms with E-state index in [4.69, 9.17) is 16.3 Å². The number of nitrogens with zero attached hydrogens (tertiary/aromatic N) is 1. The Hall–Kier alpha value is -2.58. The third-order valence-corrected chi connectivity index (χ3v) is 4.97. The van der Waals surface area contributed by atoms with Crippen molar-refractivity contribution < 1.29 is 19.1 Å². The van der Waals surface area contributed by atoms with Gasteiger partial charge in [-0.05, 0) is 37.6 Å². The number of esters is 1. The molecule has 0 aliphatic rings. The molecule has 7 nitrogen and oxygen atoms in total. The van der Waals surface area contributed by atoms with E-state index in [1.54, 1.807) is 52.2 Å². The van der Waals surface area contributed by atoms with Crippen molar-refractivity contribution in [1.82, 2.24) is 4.90 Å². The van der Waals surface area contributed by atoms with Crippen molar-refractivity contribution in [2.24, 2.45) is 0 Å². The van der Waals surface area contributed by atoms with Crippen LogP contribution in [0.1, 0.15) is 32.5 Å². The number of carbonyl (C=O) groups excluding carboxylic acids is 3. The van der Waals surface area contributed by atoms with Crippen molar-refractivity contribution in [3.8, 4) is 0 Å². The number of anilines is 2. The van der Waals surface area contributed by atoms with Crippen LogP contribution in [0, 0.1) is 6.92 Å². The summed E-state index contributed by atoms with van der Waals surface area (Å²) >= 11 is 6.93. The van der Waals surface area contributed by atoms with E-state index in [0.717, 1.165) is 11.3 Å². The van der Waals surface area contributed by atoms with E-state index in [-0.39, 0.29) is 23.1 Å². The molecule has 0 aliphatic carbocycles. The molecule has 0 saturated heterocycles. The van der Waals surface area contributed by atoms with Crippen molar-refractivity contribution >= 4 is 51.5 Å². The van der Waals surface area contributed by atoms with Crippen LogP contribution in [0.2, 0.25) is 5.02 Å². The summed E-state index contributed by atoms with van der Waals surface area (Å²) in [6.07, 6.45) is 0. The van der Waals surface area contributed by atoms with Crippen LogP contribution in [0.3, 0.4) is 0 Å². The standard InChI is InChI=1S/C18H20ClN3O4S/c1-5-26-17(24)13-10(2)14(16(23)22(3)4)27-15(13)21-18(25)20-12-8-6-7-11(19)9-12/h6-9H,5H2,1-4H3,(H2,20,21,25). The SMILES string of the molecule is CCOC(=O)c1c(NC(=O)Nc2cccc(Cl)c2)sc(C(=O)N(C)C)c1C. The number of rotatable bonds is 5. The normalized spacial score (nSPS) is 10.3. The molecule has 0 radical (unpaired) electrons. The second-order valence-electron chi connectivity index (χ2n) is 5.77. The Morgan fingerprint density at radius 2 is 1.93 bits per heavy atom. The first-order valence-electron chi connectivity index (χ1n) is 8.10. The largest absolute Gasteiger partial charge is 0.462 e. The van der Waals surface area contributed by atoms with Crippen LogP contribution in [0.4, 0.5) is 15.5 Å². The first-order valence-corrected chi connectivity index (χ1v) is 9.29. The van der Waals surface area contributed by atoms with Crippen molar-refractivity contribution in [3.63, 3.8) is 0 Å². The highest BCUT2D eigenvalue weighted by molar-refractivity contribution is 7.18. The van der Waals surface area contributed by atoms with Crippen LogP contribution in [-0.2, 0) is 4.74 Å². The Morgan fingerprint density at radius 1 is 1.22 bits per heavy atom. The first kappa shape index (κ1) is 20.7. The fourth-order valence-corrected chi connectivity index (χ4v) is 3.69. The lowest BCUT2D eigenvalue weighted by atomic mass is 10.1. The second kappa shape index (κ2) is 8.88. The number of hydrogen-bond acceptors (Lipinski definition) is 5. The van der Waals surface area contributed by atoms with E-state index < -0.39 is 12.0 Å². The topological polar surface area (TPSA) is 87.7 Å². The van der Waals surface area contributed by atoms with Gasteiger partial charge in [0.15, 0.2) is 0 Å². The molecule has 9 heteroatoms.